The monoisotopic (exact) mass is 333 g/mol. The van der Waals surface area contributed by atoms with Crippen LogP contribution in [0, 0.1) is 0 Å². The molecule has 2 saturated heterocycles. The summed E-state index contributed by atoms with van der Waals surface area (Å²) in [4.78, 5) is 10.7. The summed E-state index contributed by atoms with van der Waals surface area (Å²) in [5.74, 6) is -1.76. The van der Waals surface area contributed by atoms with Gasteiger partial charge in [0, 0.05) is 14.2 Å². The molecule has 7 heteroatoms. The second-order valence-electron chi connectivity index (χ2n) is 6.37. The maximum atomic E-state index is 10.7. The Hall–Kier alpha value is -0.730. The van der Waals surface area contributed by atoms with Crippen LogP contribution < -0.4 is 0 Å². The molecular weight excluding hydrogens is 304 g/mol. The average Bonchev–Trinajstić information content (AvgIpc) is 3.14. The van der Waals surface area contributed by atoms with Crippen LogP contribution in [0.5, 0.6) is 0 Å². The van der Waals surface area contributed by atoms with Crippen LogP contribution in [0.4, 0.5) is 0 Å². The summed E-state index contributed by atoms with van der Waals surface area (Å²) < 4.78 is 30.3. The highest BCUT2D eigenvalue weighted by molar-refractivity contribution is 5.66. The summed E-state index contributed by atoms with van der Waals surface area (Å²) in [5.41, 5.74) is 0. The van der Waals surface area contributed by atoms with Crippen molar-refractivity contribution < 1.29 is 35.3 Å². The maximum Gasteiger partial charge on any atom is 0.303 e. The molecule has 0 aromatic rings. The number of hydrogen-bond donors (Lipinski definition) is 2. The minimum absolute atomic E-state index is 0.00879. The highest BCUT2D eigenvalue weighted by Gasteiger charge is 2.40. The fourth-order valence-corrected chi connectivity index (χ4v) is 3.00. The molecule has 2 aliphatic rings. The molecule has 0 aliphatic carbocycles. The normalized spacial score (nSPS) is 39.3. The third-order valence-electron chi connectivity index (χ3n) is 4.34. The van der Waals surface area contributed by atoms with Crippen molar-refractivity contribution in [3.05, 3.63) is 0 Å². The van der Waals surface area contributed by atoms with E-state index >= 15 is 0 Å². The van der Waals surface area contributed by atoms with Gasteiger partial charge in [0.25, 0.3) is 0 Å². The van der Waals surface area contributed by atoms with E-state index in [1.165, 1.54) is 0 Å². The fourth-order valence-electron chi connectivity index (χ4n) is 3.00. The summed E-state index contributed by atoms with van der Waals surface area (Å²) in [6.45, 7) is 4.34. The molecule has 2 N–H and O–H groups in total. The number of aliphatic hydroxyl groups excluding tert-OH is 1. The minimum Gasteiger partial charge on any atom is -0.481 e. The maximum absolute atomic E-state index is 10.7. The minimum atomic E-state index is -0.882. The van der Waals surface area contributed by atoms with Gasteiger partial charge in [-0.15, -0.1) is 0 Å². The molecule has 23 heavy (non-hydrogen) atoms. The molecule has 2 fully saturated rings. The molecule has 7 nitrogen and oxygen atoms in total. The molecule has 2 heterocycles. The van der Waals surface area contributed by atoms with E-state index in [1.54, 1.807) is 6.92 Å². The molecule has 0 saturated carbocycles. The third-order valence-corrected chi connectivity index (χ3v) is 4.34. The average molecular weight is 333 g/mol. The molecule has 0 radical (unpaired) electrons. The van der Waals surface area contributed by atoms with Gasteiger partial charge in [-0.3, -0.25) is 4.79 Å². The van der Waals surface area contributed by atoms with Crippen LogP contribution >= 0.6 is 0 Å². The Labute approximate surface area is 138 Å². The molecule has 0 bridgehead atoms. The lowest BCUT2D eigenvalue weighted by molar-refractivity contribution is -0.172. The van der Waals surface area contributed by atoms with Crippen LogP contribution in [0.15, 0.2) is 0 Å². The van der Waals surface area contributed by atoms with Crippen molar-refractivity contribution >= 4 is 5.97 Å². The Balaban J connectivity index is 1.78. The number of carboxylic acid groups (broad SMARTS) is 1. The Morgan fingerprint density at radius 3 is 3.00 bits per heavy atom. The SMILES string of the molecule is [2H]CC(O)C1CC(OCC2COC(C)(CCC(=O)O)O2)C(CC)O1. The molecular formula is C16H28O7. The highest BCUT2D eigenvalue weighted by atomic mass is 16.7. The van der Waals surface area contributed by atoms with E-state index in [2.05, 4.69) is 0 Å². The predicted octanol–water partition coefficient (Wildman–Crippen LogP) is 1.32. The van der Waals surface area contributed by atoms with Gasteiger partial charge in [-0.2, -0.15) is 0 Å². The van der Waals surface area contributed by atoms with Gasteiger partial charge >= 0.3 is 5.97 Å². The van der Waals surface area contributed by atoms with E-state index in [0.29, 0.717) is 26.1 Å². The lowest BCUT2D eigenvalue weighted by atomic mass is 10.1. The van der Waals surface area contributed by atoms with Gasteiger partial charge in [0.2, 0.25) is 0 Å². The number of carboxylic acids is 1. The van der Waals surface area contributed by atoms with Crippen molar-refractivity contribution in [2.45, 2.75) is 82.7 Å². The topological polar surface area (TPSA) is 94.5 Å². The lowest BCUT2D eigenvalue weighted by Gasteiger charge is -2.23. The Kier molecular flexibility index (Phi) is 5.87. The van der Waals surface area contributed by atoms with Gasteiger partial charge in [0.1, 0.15) is 6.10 Å². The molecule has 134 valence electrons. The van der Waals surface area contributed by atoms with E-state index in [0.717, 1.165) is 6.42 Å². The number of carbonyl (C=O) groups is 1. The number of aliphatic carboxylic acids is 1. The van der Waals surface area contributed by atoms with E-state index in [4.69, 9.17) is 25.4 Å². The lowest BCUT2D eigenvalue weighted by Crippen LogP contribution is -2.31. The van der Waals surface area contributed by atoms with Crippen molar-refractivity contribution in [2.24, 2.45) is 0 Å². The quantitative estimate of drug-likeness (QED) is 0.691. The van der Waals surface area contributed by atoms with Crippen LogP contribution in [0.2, 0.25) is 0 Å². The van der Waals surface area contributed by atoms with Gasteiger partial charge in [-0.05, 0) is 20.2 Å². The smallest absolute Gasteiger partial charge is 0.303 e. The second kappa shape index (κ2) is 7.90. The van der Waals surface area contributed by atoms with Gasteiger partial charge in [-0.25, -0.2) is 0 Å². The number of aliphatic hydroxyl groups is 1. The van der Waals surface area contributed by atoms with Gasteiger partial charge < -0.3 is 29.2 Å². The van der Waals surface area contributed by atoms with Crippen LogP contribution in [0.25, 0.3) is 0 Å². The van der Waals surface area contributed by atoms with Crippen molar-refractivity contribution in [1.29, 1.82) is 0 Å². The number of rotatable bonds is 8. The first-order valence-corrected chi connectivity index (χ1v) is 8.14. The van der Waals surface area contributed by atoms with Gasteiger partial charge in [-0.1, -0.05) is 6.92 Å². The van der Waals surface area contributed by atoms with Crippen LogP contribution in [0.3, 0.4) is 0 Å². The molecule has 2 rings (SSSR count). The summed E-state index contributed by atoms with van der Waals surface area (Å²) in [6.07, 6.45) is -0.0375. The van der Waals surface area contributed by atoms with Crippen LogP contribution in [-0.2, 0) is 23.7 Å². The zero-order valence-electron chi connectivity index (χ0n) is 14.8. The predicted molar refractivity (Wildman–Crippen MR) is 81.1 cm³/mol. The molecule has 0 aromatic heterocycles. The molecule has 0 spiro atoms. The first-order chi connectivity index (χ1) is 11.4. The molecule has 6 unspecified atom stereocenters. The summed E-state index contributed by atoms with van der Waals surface area (Å²) in [5, 5.41) is 18.5. The number of ether oxygens (including phenoxy) is 4. The standard InChI is InChI=1S/C16H28O7/c1-4-12-14(7-13(22-12)10(2)17)20-8-11-9-21-16(3,23-11)6-5-15(18)19/h10-14,17H,4-9H2,1-3H3,(H,18,19)/i2D. The second-order valence-corrected chi connectivity index (χ2v) is 6.37. The Bertz CT molecular complexity index is 421. The summed E-state index contributed by atoms with van der Waals surface area (Å²) >= 11 is 0. The van der Waals surface area contributed by atoms with E-state index in [-0.39, 0.29) is 37.7 Å². The largest absolute Gasteiger partial charge is 0.481 e. The fraction of sp³-hybridized carbons (Fsp3) is 0.938. The van der Waals surface area contributed by atoms with Crippen molar-refractivity contribution in [3.63, 3.8) is 0 Å². The molecule has 2 aliphatic heterocycles. The van der Waals surface area contributed by atoms with Crippen molar-refractivity contribution in [3.8, 4) is 0 Å². The number of hydrogen-bond acceptors (Lipinski definition) is 6. The zero-order chi connectivity index (χ0) is 17.7. The molecule has 0 aromatic carbocycles. The van der Waals surface area contributed by atoms with E-state index < -0.39 is 17.9 Å². The van der Waals surface area contributed by atoms with Crippen molar-refractivity contribution in [1.82, 2.24) is 0 Å². The van der Waals surface area contributed by atoms with Crippen LogP contribution in [-0.4, -0.2) is 65.7 Å². The van der Waals surface area contributed by atoms with Crippen LogP contribution in [0.1, 0.15) is 47.8 Å². The van der Waals surface area contributed by atoms with Gasteiger partial charge in [0.15, 0.2) is 5.79 Å². The van der Waals surface area contributed by atoms with E-state index in [1.807, 2.05) is 6.92 Å². The summed E-state index contributed by atoms with van der Waals surface area (Å²) in [6, 6.07) is 0. The molecule has 0 amide bonds. The first kappa shape index (κ1) is 17.1. The third kappa shape index (κ3) is 5.12. The van der Waals surface area contributed by atoms with Crippen molar-refractivity contribution in [2.75, 3.05) is 13.2 Å². The van der Waals surface area contributed by atoms with Gasteiger partial charge in [0.05, 0.1) is 44.1 Å². The Morgan fingerprint density at radius 1 is 1.57 bits per heavy atom. The zero-order valence-corrected chi connectivity index (χ0v) is 13.8. The molecule has 6 atom stereocenters. The highest BCUT2D eigenvalue weighted by Crippen LogP contribution is 2.31. The first-order valence-electron chi connectivity index (χ1n) is 8.85. The Morgan fingerprint density at radius 2 is 2.35 bits per heavy atom. The summed E-state index contributed by atoms with van der Waals surface area (Å²) in [7, 11) is 0. The van der Waals surface area contributed by atoms with E-state index in [9.17, 15) is 9.90 Å².